The van der Waals surface area contributed by atoms with Gasteiger partial charge in [-0.05, 0) is 61.7 Å². The zero-order chi connectivity index (χ0) is 13.7. The predicted octanol–water partition coefficient (Wildman–Crippen LogP) is 1.87. The van der Waals surface area contributed by atoms with E-state index in [0.29, 0.717) is 12.0 Å². The van der Waals surface area contributed by atoms with Gasteiger partial charge in [0.15, 0.2) is 0 Å². The molecule has 5 nitrogen and oxygen atoms in total. The number of hydrogen-bond acceptors (Lipinski definition) is 4. The molecule has 0 radical (unpaired) electrons. The maximum atomic E-state index is 8.92. The van der Waals surface area contributed by atoms with Crippen molar-refractivity contribution in [1.29, 1.82) is 5.26 Å². The van der Waals surface area contributed by atoms with Gasteiger partial charge in [-0.3, -0.25) is 0 Å². The van der Waals surface area contributed by atoms with E-state index < -0.39 is 0 Å². The van der Waals surface area contributed by atoms with E-state index in [2.05, 4.69) is 10.1 Å². The Hall–Kier alpha value is -1.41. The van der Waals surface area contributed by atoms with E-state index in [0.717, 1.165) is 17.8 Å². The molecule has 2 N–H and O–H groups in total. The first kappa shape index (κ1) is 12.3. The van der Waals surface area contributed by atoms with Crippen LogP contribution >= 0.6 is 0 Å². The van der Waals surface area contributed by atoms with Gasteiger partial charge in [0.2, 0.25) is 0 Å². The van der Waals surface area contributed by atoms with Crippen LogP contribution in [0.1, 0.15) is 50.4 Å². The predicted molar refractivity (Wildman–Crippen MR) is 73.4 cm³/mol. The van der Waals surface area contributed by atoms with E-state index in [9.17, 15) is 0 Å². The van der Waals surface area contributed by atoms with Crippen LogP contribution < -0.4 is 5.73 Å². The molecule has 0 aromatic carbocycles. The summed E-state index contributed by atoms with van der Waals surface area (Å²) in [5.74, 6) is 2.95. The third-order valence-electron chi connectivity index (χ3n) is 5.94. The average Bonchev–Trinajstić information content (AvgIpc) is 2.86. The molecule has 4 fully saturated rings. The molecule has 4 bridgehead atoms. The highest BCUT2D eigenvalue weighted by Gasteiger charge is 2.54. The second-order valence-corrected chi connectivity index (χ2v) is 7.19. The minimum Gasteiger partial charge on any atom is -0.328 e. The summed E-state index contributed by atoms with van der Waals surface area (Å²) in [6.07, 6.45) is 9.87. The summed E-state index contributed by atoms with van der Waals surface area (Å²) < 4.78 is 1.88. The van der Waals surface area contributed by atoms with Crippen molar-refractivity contribution in [3.63, 3.8) is 0 Å². The highest BCUT2D eigenvalue weighted by molar-refractivity contribution is 5.09. The molecule has 1 aromatic rings. The summed E-state index contributed by atoms with van der Waals surface area (Å²) in [5.41, 5.74) is 6.41. The number of hydrogen-bond donors (Lipinski definition) is 1. The first-order chi connectivity index (χ1) is 9.72. The van der Waals surface area contributed by atoms with Gasteiger partial charge in [-0.25, -0.2) is 9.67 Å². The Morgan fingerprint density at radius 3 is 2.35 bits per heavy atom. The lowest BCUT2D eigenvalue weighted by Gasteiger charge is -2.59. The van der Waals surface area contributed by atoms with Crippen molar-refractivity contribution in [3.8, 4) is 6.07 Å². The lowest BCUT2D eigenvalue weighted by molar-refractivity contribution is -0.0830. The van der Waals surface area contributed by atoms with Crippen molar-refractivity contribution >= 4 is 0 Å². The Kier molecular flexibility index (Phi) is 2.65. The molecule has 5 heteroatoms. The number of rotatable bonds is 3. The van der Waals surface area contributed by atoms with Crippen LogP contribution in [0.5, 0.6) is 0 Å². The smallest absolute Gasteiger partial charge is 0.252 e. The van der Waals surface area contributed by atoms with Gasteiger partial charge >= 0.3 is 0 Å². The van der Waals surface area contributed by atoms with Crippen molar-refractivity contribution in [2.75, 3.05) is 6.54 Å². The molecule has 0 aliphatic heterocycles. The van der Waals surface area contributed by atoms with Crippen molar-refractivity contribution in [3.05, 3.63) is 12.2 Å². The first-order valence-corrected chi connectivity index (χ1v) is 7.74. The zero-order valence-corrected chi connectivity index (χ0v) is 11.7. The fraction of sp³-hybridized carbons (Fsp3) is 0.800. The fourth-order valence-electron chi connectivity index (χ4n) is 5.70. The summed E-state index contributed by atoms with van der Waals surface area (Å²) in [6, 6.07) is 2.23. The molecule has 0 saturated heterocycles. The summed E-state index contributed by atoms with van der Waals surface area (Å²) in [7, 11) is 0. The average molecular weight is 271 g/mol. The van der Waals surface area contributed by atoms with Crippen molar-refractivity contribution < 1.29 is 0 Å². The SMILES string of the molecule is N#Cc1ncn(C(CN)C23CC4CC(CC(C4)C2)C3)n1. The number of nitrogens with two attached hydrogens (primary N) is 1. The Bertz CT molecular complexity index is 520. The van der Waals surface area contributed by atoms with Crippen LogP contribution in [0.3, 0.4) is 0 Å². The van der Waals surface area contributed by atoms with E-state index in [1.54, 1.807) is 6.33 Å². The van der Waals surface area contributed by atoms with Gasteiger partial charge in [0, 0.05) is 6.54 Å². The molecule has 0 spiro atoms. The van der Waals surface area contributed by atoms with E-state index >= 15 is 0 Å². The van der Waals surface area contributed by atoms with Crippen LogP contribution in [-0.2, 0) is 0 Å². The van der Waals surface area contributed by atoms with Gasteiger partial charge in [0.05, 0.1) is 6.04 Å². The van der Waals surface area contributed by atoms with Gasteiger partial charge in [-0.15, -0.1) is 5.10 Å². The van der Waals surface area contributed by atoms with Crippen LogP contribution in [0.25, 0.3) is 0 Å². The number of aromatic nitrogens is 3. The lowest BCUT2D eigenvalue weighted by atomic mass is 9.47. The van der Waals surface area contributed by atoms with Gasteiger partial charge < -0.3 is 5.73 Å². The van der Waals surface area contributed by atoms with Crippen LogP contribution in [0.2, 0.25) is 0 Å². The Labute approximate surface area is 119 Å². The monoisotopic (exact) mass is 271 g/mol. The molecular formula is C15H21N5. The molecule has 106 valence electrons. The van der Waals surface area contributed by atoms with Crippen LogP contribution in [0.4, 0.5) is 0 Å². The second kappa shape index (κ2) is 4.29. The highest BCUT2D eigenvalue weighted by Crippen LogP contribution is 2.63. The van der Waals surface area contributed by atoms with E-state index in [4.69, 9.17) is 11.0 Å². The van der Waals surface area contributed by atoms with Crippen molar-refractivity contribution in [2.24, 2.45) is 28.9 Å². The molecule has 20 heavy (non-hydrogen) atoms. The van der Waals surface area contributed by atoms with Gasteiger partial charge in [-0.2, -0.15) is 5.26 Å². The number of nitriles is 1. The van der Waals surface area contributed by atoms with Crippen LogP contribution in [0, 0.1) is 34.5 Å². The molecule has 4 saturated carbocycles. The molecule has 0 amide bonds. The number of nitrogens with zero attached hydrogens (tertiary/aromatic N) is 4. The summed E-state index contributed by atoms with van der Waals surface area (Å²) in [6.45, 7) is 0.598. The highest BCUT2D eigenvalue weighted by atomic mass is 15.4. The van der Waals surface area contributed by atoms with E-state index in [1.165, 1.54) is 38.5 Å². The normalized spacial score (nSPS) is 39.7. The van der Waals surface area contributed by atoms with Crippen LogP contribution in [0.15, 0.2) is 6.33 Å². The van der Waals surface area contributed by atoms with E-state index in [1.807, 2.05) is 10.8 Å². The topological polar surface area (TPSA) is 80.5 Å². The third-order valence-corrected chi connectivity index (χ3v) is 5.94. The quantitative estimate of drug-likeness (QED) is 0.910. The maximum Gasteiger partial charge on any atom is 0.252 e. The molecule has 1 unspecified atom stereocenters. The standard InChI is InChI=1S/C15H21N5/c16-7-13(20-9-18-14(8-17)19-20)15-4-10-1-11(5-15)3-12(2-10)6-15/h9-13H,1-7,16H2. The molecule has 1 heterocycles. The molecule has 1 aromatic heterocycles. The molecule has 4 aliphatic carbocycles. The Morgan fingerprint density at radius 1 is 1.30 bits per heavy atom. The molecule has 1 atom stereocenters. The van der Waals surface area contributed by atoms with Gasteiger partial charge in [0.25, 0.3) is 5.82 Å². The largest absolute Gasteiger partial charge is 0.328 e. The maximum absolute atomic E-state index is 8.92. The van der Waals surface area contributed by atoms with Crippen molar-refractivity contribution in [2.45, 2.75) is 44.6 Å². The minimum absolute atomic E-state index is 0.213. The second-order valence-electron chi connectivity index (χ2n) is 7.19. The molecule has 4 aliphatic rings. The van der Waals surface area contributed by atoms with E-state index in [-0.39, 0.29) is 11.9 Å². The van der Waals surface area contributed by atoms with Gasteiger partial charge in [-0.1, -0.05) is 0 Å². The molecule has 5 rings (SSSR count). The summed E-state index contributed by atoms with van der Waals surface area (Å²) in [4.78, 5) is 4.07. The Morgan fingerprint density at radius 2 is 1.90 bits per heavy atom. The van der Waals surface area contributed by atoms with Gasteiger partial charge in [0.1, 0.15) is 12.4 Å². The van der Waals surface area contributed by atoms with Crippen LogP contribution in [-0.4, -0.2) is 21.3 Å². The third kappa shape index (κ3) is 1.71. The Balaban J connectivity index is 1.69. The van der Waals surface area contributed by atoms with Crippen molar-refractivity contribution in [1.82, 2.24) is 14.8 Å². The zero-order valence-electron chi connectivity index (χ0n) is 11.7. The summed E-state index contributed by atoms with van der Waals surface area (Å²) in [5, 5.41) is 13.2. The first-order valence-electron chi connectivity index (χ1n) is 7.74. The summed E-state index contributed by atoms with van der Waals surface area (Å²) >= 11 is 0. The molecular weight excluding hydrogens is 250 g/mol. The lowest BCUT2D eigenvalue weighted by Crippen LogP contribution is -2.51. The fourth-order valence-corrected chi connectivity index (χ4v) is 5.70. The minimum atomic E-state index is 0.213.